The average molecular weight is 396 g/mol. The lowest BCUT2D eigenvalue weighted by Gasteiger charge is -2.13. The van der Waals surface area contributed by atoms with Gasteiger partial charge in [0.25, 0.3) is 0 Å². The number of aryl methyl sites for hydroxylation is 1. The number of hydrogen-bond acceptors (Lipinski definition) is 3. The number of phenols is 1. The summed E-state index contributed by atoms with van der Waals surface area (Å²) in [4.78, 5) is 12.1. The van der Waals surface area contributed by atoms with E-state index in [1.165, 1.54) is 5.56 Å². The number of anilines is 1. The van der Waals surface area contributed by atoms with Crippen molar-refractivity contribution in [3.63, 3.8) is 0 Å². The van der Waals surface area contributed by atoms with Crippen LogP contribution in [0.5, 0.6) is 5.75 Å². The number of carbonyl (C=O) groups is 1. The van der Waals surface area contributed by atoms with Crippen LogP contribution in [0.2, 0.25) is 0 Å². The molecule has 1 atom stereocenters. The minimum Gasteiger partial charge on any atom is -0.508 e. The van der Waals surface area contributed by atoms with Crippen LogP contribution in [-0.4, -0.2) is 17.1 Å². The van der Waals surface area contributed by atoms with Gasteiger partial charge in [-0.1, -0.05) is 18.2 Å². The number of amides is 1. The molecule has 0 fully saturated rings. The van der Waals surface area contributed by atoms with Gasteiger partial charge in [0.05, 0.1) is 6.04 Å². The third-order valence-corrected chi connectivity index (χ3v) is 4.33. The Kier molecular flexibility index (Phi) is 5.19. The van der Waals surface area contributed by atoms with Gasteiger partial charge in [0.2, 0.25) is 5.91 Å². The lowest BCUT2D eigenvalue weighted by molar-refractivity contribution is -0.117. The molecule has 0 aliphatic carbocycles. The van der Waals surface area contributed by atoms with Crippen LogP contribution in [0.3, 0.4) is 0 Å². The second kappa shape index (κ2) is 6.91. The molecule has 21 heavy (non-hydrogen) atoms. The maximum absolute atomic E-state index is 12.1. The van der Waals surface area contributed by atoms with Crippen LogP contribution < -0.4 is 11.1 Å². The summed E-state index contributed by atoms with van der Waals surface area (Å²) in [7, 11) is 0. The molecule has 0 heterocycles. The smallest absolute Gasteiger partial charge is 0.241 e. The second-order valence-electron chi connectivity index (χ2n) is 4.93. The van der Waals surface area contributed by atoms with Crippen molar-refractivity contribution in [2.45, 2.75) is 19.4 Å². The predicted molar refractivity (Wildman–Crippen MR) is 92.3 cm³/mol. The van der Waals surface area contributed by atoms with Gasteiger partial charge in [0, 0.05) is 9.26 Å². The van der Waals surface area contributed by atoms with Gasteiger partial charge in [-0.2, -0.15) is 0 Å². The number of nitrogens with two attached hydrogens (primary N) is 1. The van der Waals surface area contributed by atoms with Crippen LogP contribution in [-0.2, 0) is 11.2 Å². The highest BCUT2D eigenvalue weighted by Crippen LogP contribution is 2.17. The van der Waals surface area contributed by atoms with Gasteiger partial charge in [-0.3, -0.25) is 4.79 Å². The first-order valence-corrected chi connectivity index (χ1v) is 7.64. The Morgan fingerprint density at radius 2 is 1.95 bits per heavy atom. The normalized spacial score (nSPS) is 12.0. The molecule has 0 aliphatic rings. The summed E-state index contributed by atoms with van der Waals surface area (Å²) in [5, 5.41) is 12.1. The molecule has 0 bridgehead atoms. The first-order chi connectivity index (χ1) is 9.95. The Morgan fingerprint density at radius 3 is 2.57 bits per heavy atom. The fraction of sp³-hybridized carbons (Fsp3) is 0.188. The molecule has 5 heteroatoms. The Morgan fingerprint density at radius 1 is 1.29 bits per heavy atom. The van der Waals surface area contributed by atoms with E-state index in [9.17, 15) is 9.90 Å². The highest BCUT2D eigenvalue weighted by molar-refractivity contribution is 14.1. The Balaban J connectivity index is 1.98. The van der Waals surface area contributed by atoms with Crippen molar-refractivity contribution < 1.29 is 9.90 Å². The van der Waals surface area contributed by atoms with Gasteiger partial charge >= 0.3 is 0 Å². The van der Waals surface area contributed by atoms with Gasteiger partial charge in [0.1, 0.15) is 5.75 Å². The molecule has 0 aromatic heterocycles. The van der Waals surface area contributed by atoms with Crippen molar-refractivity contribution in [1.82, 2.24) is 0 Å². The SMILES string of the molecule is Cc1ccc(NC(=O)C(N)Cc2ccc(O)cc2)cc1I. The van der Waals surface area contributed by atoms with Gasteiger partial charge in [0.15, 0.2) is 0 Å². The minimum atomic E-state index is -0.631. The van der Waals surface area contributed by atoms with E-state index in [0.29, 0.717) is 6.42 Å². The van der Waals surface area contributed by atoms with Gasteiger partial charge in [-0.15, -0.1) is 0 Å². The van der Waals surface area contributed by atoms with E-state index in [1.807, 2.05) is 25.1 Å². The Bertz CT molecular complexity index is 641. The summed E-state index contributed by atoms with van der Waals surface area (Å²) in [5.74, 6) is -0.0197. The first kappa shape index (κ1) is 15.8. The van der Waals surface area contributed by atoms with Crippen LogP contribution in [0, 0.1) is 10.5 Å². The fourth-order valence-corrected chi connectivity index (χ4v) is 2.40. The lowest BCUT2D eigenvalue weighted by atomic mass is 10.1. The number of nitrogens with one attached hydrogen (secondary N) is 1. The molecule has 4 N–H and O–H groups in total. The summed E-state index contributed by atoms with van der Waals surface area (Å²) in [6.07, 6.45) is 0.426. The molecular formula is C16H17IN2O2. The van der Waals surface area contributed by atoms with Crippen molar-refractivity contribution in [1.29, 1.82) is 0 Å². The van der Waals surface area contributed by atoms with Crippen LogP contribution in [0.1, 0.15) is 11.1 Å². The van der Waals surface area contributed by atoms with Crippen molar-refractivity contribution in [3.05, 3.63) is 57.2 Å². The largest absolute Gasteiger partial charge is 0.508 e. The maximum atomic E-state index is 12.1. The zero-order valence-corrected chi connectivity index (χ0v) is 13.8. The molecular weight excluding hydrogens is 379 g/mol. The van der Waals surface area contributed by atoms with Crippen LogP contribution in [0.15, 0.2) is 42.5 Å². The topological polar surface area (TPSA) is 75.4 Å². The van der Waals surface area contributed by atoms with E-state index in [1.54, 1.807) is 24.3 Å². The van der Waals surface area contributed by atoms with E-state index in [2.05, 4.69) is 27.9 Å². The number of phenolic OH excluding ortho intramolecular Hbond substituents is 1. The molecule has 0 saturated heterocycles. The average Bonchev–Trinajstić information content (AvgIpc) is 2.45. The number of aromatic hydroxyl groups is 1. The predicted octanol–water partition coefficient (Wildman–Crippen LogP) is 2.81. The quantitative estimate of drug-likeness (QED) is 0.696. The number of benzene rings is 2. The minimum absolute atomic E-state index is 0.200. The number of rotatable bonds is 4. The number of carbonyl (C=O) groups excluding carboxylic acids is 1. The van der Waals surface area contributed by atoms with E-state index in [4.69, 9.17) is 5.73 Å². The Labute approximate surface area is 137 Å². The number of halogens is 1. The lowest BCUT2D eigenvalue weighted by Crippen LogP contribution is -2.37. The van der Waals surface area contributed by atoms with Gasteiger partial charge in [-0.05, 0) is 71.3 Å². The van der Waals surface area contributed by atoms with E-state index in [0.717, 1.165) is 14.8 Å². The number of hydrogen-bond donors (Lipinski definition) is 3. The standard InChI is InChI=1S/C16H17IN2O2/c1-10-2-5-12(9-14(10)17)19-16(21)15(18)8-11-3-6-13(20)7-4-11/h2-7,9,15,20H,8,18H2,1H3,(H,19,21). The summed E-state index contributed by atoms with van der Waals surface area (Å²) in [6, 6.07) is 11.8. The fourth-order valence-electron chi connectivity index (χ4n) is 1.88. The molecule has 2 aromatic rings. The molecule has 1 unspecified atom stereocenters. The maximum Gasteiger partial charge on any atom is 0.241 e. The highest BCUT2D eigenvalue weighted by Gasteiger charge is 2.14. The molecule has 110 valence electrons. The van der Waals surface area contributed by atoms with Crippen molar-refractivity contribution >= 4 is 34.2 Å². The highest BCUT2D eigenvalue weighted by atomic mass is 127. The third-order valence-electron chi connectivity index (χ3n) is 3.17. The molecule has 1 amide bonds. The zero-order chi connectivity index (χ0) is 15.4. The Hall–Kier alpha value is -1.60. The van der Waals surface area contributed by atoms with E-state index in [-0.39, 0.29) is 11.7 Å². The van der Waals surface area contributed by atoms with Crippen molar-refractivity contribution in [2.75, 3.05) is 5.32 Å². The molecule has 0 aliphatic heterocycles. The molecule has 2 rings (SSSR count). The molecule has 4 nitrogen and oxygen atoms in total. The molecule has 2 aromatic carbocycles. The summed E-state index contributed by atoms with van der Waals surface area (Å²) in [6.45, 7) is 2.02. The molecule has 0 radical (unpaired) electrons. The zero-order valence-electron chi connectivity index (χ0n) is 11.6. The van der Waals surface area contributed by atoms with Crippen LogP contribution in [0.4, 0.5) is 5.69 Å². The van der Waals surface area contributed by atoms with Crippen molar-refractivity contribution in [3.8, 4) is 5.75 Å². The summed E-state index contributed by atoms with van der Waals surface area (Å²) >= 11 is 2.23. The summed E-state index contributed by atoms with van der Waals surface area (Å²) < 4.78 is 1.09. The second-order valence-corrected chi connectivity index (χ2v) is 6.09. The van der Waals surface area contributed by atoms with Gasteiger partial charge in [-0.25, -0.2) is 0 Å². The summed E-state index contributed by atoms with van der Waals surface area (Å²) in [5.41, 5.74) is 8.75. The monoisotopic (exact) mass is 396 g/mol. The molecule has 0 spiro atoms. The third kappa shape index (κ3) is 4.44. The van der Waals surface area contributed by atoms with Crippen molar-refractivity contribution in [2.24, 2.45) is 5.73 Å². The van der Waals surface area contributed by atoms with Crippen LogP contribution in [0.25, 0.3) is 0 Å². The van der Waals surface area contributed by atoms with Crippen LogP contribution >= 0.6 is 22.6 Å². The van der Waals surface area contributed by atoms with Gasteiger partial charge < -0.3 is 16.2 Å². The molecule has 0 saturated carbocycles. The first-order valence-electron chi connectivity index (χ1n) is 6.56. The van der Waals surface area contributed by atoms with E-state index < -0.39 is 6.04 Å². The van der Waals surface area contributed by atoms with E-state index >= 15 is 0 Å².